The van der Waals surface area contributed by atoms with E-state index in [-0.39, 0.29) is 30.1 Å². The molecule has 3 aliphatic carbocycles. The van der Waals surface area contributed by atoms with Gasteiger partial charge in [0.2, 0.25) is 5.91 Å². The Kier molecular flexibility index (Phi) is 9.19. The summed E-state index contributed by atoms with van der Waals surface area (Å²) in [6.45, 7) is 5.44. The molecule has 10 nitrogen and oxygen atoms in total. The summed E-state index contributed by atoms with van der Waals surface area (Å²) in [4.78, 5) is 45.0. The number of aromatic nitrogens is 3. The third-order valence-corrected chi connectivity index (χ3v) is 10.9. The van der Waals surface area contributed by atoms with Crippen LogP contribution in [-0.4, -0.2) is 64.2 Å². The van der Waals surface area contributed by atoms with Crippen LogP contribution < -0.4 is 9.64 Å². The highest BCUT2D eigenvalue weighted by molar-refractivity contribution is 5.94. The fourth-order valence-corrected chi connectivity index (χ4v) is 7.52. The lowest BCUT2D eigenvalue weighted by atomic mass is 9.79. The largest absolute Gasteiger partial charge is 0.495 e. The van der Waals surface area contributed by atoms with Crippen molar-refractivity contribution >= 4 is 17.8 Å². The lowest BCUT2D eigenvalue weighted by molar-refractivity contribution is -0.124. The number of pyridine rings is 2. The average molecular weight is 642 g/mol. The van der Waals surface area contributed by atoms with E-state index in [1.807, 2.05) is 30.0 Å². The van der Waals surface area contributed by atoms with E-state index < -0.39 is 0 Å². The molecule has 1 saturated heterocycles. The molecular weight excluding hydrogens is 594 g/mol. The molecular formula is C37H47N5O5. The van der Waals surface area contributed by atoms with Crippen molar-refractivity contribution in [3.8, 4) is 17.0 Å². The topological polar surface area (TPSA) is 111 Å². The molecule has 47 heavy (non-hydrogen) atoms. The van der Waals surface area contributed by atoms with Gasteiger partial charge >= 0.3 is 6.09 Å². The van der Waals surface area contributed by atoms with Crippen LogP contribution in [0.4, 0.5) is 10.6 Å². The summed E-state index contributed by atoms with van der Waals surface area (Å²) in [5.74, 6) is 3.47. The number of nitrogens with zero attached hydrogens (tertiary/aromatic N) is 5. The minimum Gasteiger partial charge on any atom is -0.495 e. The molecule has 10 heteroatoms. The van der Waals surface area contributed by atoms with Gasteiger partial charge in [0, 0.05) is 54.3 Å². The van der Waals surface area contributed by atoms with Gasteiger partial charge in [0.05, 0.1) is 12.8 Å². The molecule has 0 radical (unpaired) electrons. The zero-order valence-electron chi connectivity index (χ0n) is 27.9. The van der Waals surface area contributed by atoms with Gasteiger partial charge in [-0.05, 0) is 115 Å². The van der Waals surface area contributed by atoms with Gasteiger partial charge in [-0.2, -0.15) is 0 Å². The van der Waals surface area contributed by atoms with Gasteiger partial charge in [-0.1, -0.05) is 0 Å². The predicted octanol–water partition coefficient (Wildman–Crippen LogP) is 7.42. The number of amides is 2. The molecule has 3 aromatic heterocycles. The molecule has 3 saturated carbocycles. The van der Waals surface area contributed by atoms with Crippen LogP contribution in [0.1, 0.15) is 107 Å². The smallest absolute Gasteiger partial charge is 0.410 e. The predicted molar refractivity (Wildman–Crippen MR) is 177 cm³/mol. The van der Waals surface area contributed by atoms with Crippen molar-refractivity contribution < 1.29 is 23.5 Å². The Morgan fingerprint density at radius 1 is 0.957 bits per heavy atom. The lowest BCUT2D eigenvalue weighted by Crippen LogP contribution is -2.50. The van der Waals surface area contributed by atoms with E-state index in [0.717, 1.165) is 85.8 Å². The number of hydrogen-bond donors (Lipinski definition) is 0. The Labute approximate surface area is 277 Å². The second kappa shape index (κ2) is 13.6. The first-order chi connectivity index (χ1) is 22.9. The fourth-order valence-electron chi connectivity index (χ4n) is 7.52. The highest BCUT2D eigenvalue weighted by atomic mass is 16.6. The summed E-state index contributed by atoms with van der Waals surface area (Å²) in [6.07, 6.45) is 13.3. The van der Waals surface area contributed by atoms with Gasteiger partial charge in [-0.15, -0.1) is 0 Å². The van der Waals surface area contributed by atoms with Gasteiger partial charge in [-0.25, -0.2) is 14.8 Å². The van der Waals surface area contributed by atoms with Crippen LogP contribution in [0, 0.1) is 18.8 Å². The number of hydrogen-bond acceptors (Lipinski definition) is 8. The first-order valence-corrected chi connectivity index (χ1v) is 17.6. The highest BCUT2D eigenvalue weighted by Gasteiger charge is 2.36. The van der Waals surface area contributed by atoms with Gasteiger partial charge in [0.15, 0.2) is 5.89 Å². The molecule has 0 bridgehead atoms. The lowest BCUT2D eigenvalue weighted by Gasteiger charge is -2.39. The number of ether oxygens (including phenoxy) is 2. The van der Waals surface area contributed by atoms with Crippen molar-refractivity contribution in [3.63, 3.8) is 0 Å². The van der Waals surface area contributed by atoms with Gasteiger partial charge in [0.1, 0.15) is 29.6 Å². The number of carbonyl (C=O) groups is 2. The molecule has 1 atom stereocenters. The Hall–Kier alpha value is -3.95. The SMILES string of the molecule is COc1ccc(C2CCC(CN(C(=O)C3CCC(OC(=O)N4CCC4C)CC3)c3cc(-c4coc(C5CC5)n4)ccn3)CC2)nc1C. The number of anilines is 1. The van der Waals surface area contributed by atoms with Crippen molar-refractivity contribution in [1.29, 1.82) is 0 Å². The maximum Gasteiger partial charge on any atom is 0.410 e. The summed E-state index contributed by atoms with van der Waals surface area (Å²) < 4.78 is 17.0. The third-order valence-electron chi connectivity index (χ3n) is 10.9. The van der Waals surface area contributed by atoms with E-state index >= 15 is 0 Å². The van der Waals surface area contributed by atoms with Crippen LogP contribution in [0.15, 0.2) is 41.1 Å². The van der Waals surface area contributed by atoms with E-state index in [4.69, 9.17) is 28.8 Å². The Morgan fingerprint density at radius 3 is 2.38 bits per heavy atom. The molecule has 4 heterocycles. The zero-order chi connectivity index (χ0) is 32.5. The summed E-state index contributed by atoms with van der Waals surface area (Å²) in [7, 11) is 1.68. The molecule has 0 spiro atoms. The van der Waals surface area contributed by atoms with Gasteiger partial charge < -0.3 is 18.8 Å². The summed E-state index contributed by atoms with van der Waals surface area (Å²) in [6, 6.07) is 8.30. The third kappa shape index (κ3) is 7.02. The van der Waals surface area contributed by atoms with E-state index in [9.17, 15) is 9.59 Å². The number of aryl methyl sites for hydroxylation is 1. The Bertz CT molecular complexity index is 1570. The number of oxazole rings is 1. The molecule has 0 aromatic carbocycles. The number of methoxy groups -OCH3 is 1. The van der Waals surface area contributed by atoms with E-state index in [0.29, 0.717) is 55.8 Å². The second-order valence-corrected chi connectivity index (χ2v) is 14.1. The van der Waals surface area contributed by atoms with Crippen LogP contribution >= 0.6 is 0 Å². The van der Waals surface area contributed by atoms with Crippen LogP contribution in [0.5, 0.6) is 5.75 Å². The first kappa shape index (κ1) is 31.6. The van der Waals surface area contributed by atoms with Crippen molar-refractivity contribution in [2.45, 2.75) is 108 Å². The Balaban J connectivity index is 1.04. The molecule has 1 aliphatic heterocycles. The van der Waals surface area contributed by atoms with Crippen LogP contribution in [0.25, 0.3) is 11.3 Å². The fraction of sp³-hybridized carbons (Fsp3) is 0.595. The van der Waals surface area contributed by atoms with E-state index in [1.54, 1.807) is 24.5 Å². The minimum absolute atomic E-state index is 0.115. The monoisotopic (exact) mass is 641 g/mol. The maximum absolute atomic E-state index is 14.4. The molecule has 0 N–H and O–H groups in total. The second-order valence-electron chi connectivity index (χ2n) is 14.1. The van der Waals surface area contributed by atoms with Gasteiger partial charge in [0.25, 0.3) is 0 Å². The van der Waals surface area contributed by atoms with Gasteiger partial charge in [-0.3, -0.25) is 14.7 Å². The van der Waals surface area contributed by atoms with Crippen molar-refractivity contribution in [1.82, 2.24) is 19.9 Å². The highest BCUT2D eigenvalue weighted by Crippen LogP contribution is 2.41. The Morgan fingerprint density at radius 2 is 1.72 bits per heavy atom. The molecule has 250 valence electrons. The molecule has 4 fully saturated rings. The van der Waals surface area contributed by atoms with Crippen LogP contribution in [0.2, 0.25) is 0 Å². The van der Waals surface area contributed by atoms with Crippen LogP contribution in [-0.2, 0) is 9.53 Å². The number of likely N-dealkylation sites (tertiary alicyclic amines) is 1. The van der Waals surface area contributed by atoms with Crippen molar-refractivity contribution in [2.75, 3.05) is 25.1 Å². The summed E-state index contributed by atoms with van der Waals surface area (Å²) in [5, 5.41) is 0. The van der Waals surface area contributed by atoms with Crippen LogP contribution in [0.3, 0.4) is 0 Å². The summed E-state index contributed by atoms with van der Waals surface area (Å²) >= 11 is 0. The maximum atomic E-state index is 14.4. The zero-order valence-corrected chi connectivity index (χ0v) is 27.9. The first-order valence-electron chi connectivity index (χ1n) is 17.6. The summed E-state index contributed by atoms with van der Waals surface area (Å²) in [5.41, 5.74) is 3.74. The molecule has 3 aromatic rings. The van der Waals surface area contributed by atoms with Crippen molar-refractivity contribution in [3.05, 3.63) is 54.0 Å². The quantitative estimate of drug-likeness (QED) is 0.237. The molecule has 2 amide bonds. The average Bonchev–Trinajstić information content (AvgIpc) is 3.82. The normalized spacial score (nSPS) is 25.9. The number of rotatable bonds is 9. The standard InChI is InChI=1S/C37H47N5O5/c1-23-17-19-41(23)37(44)47-30-12-10-28(11-13-30)36(43)42(34-20-29(16-18-38-34)32-22-46-35(40-32)27-8-9-27)21-25-4-6-26(7-5-25)31-14-15-33(45-3)24(2)39-31/h14-16,18,20,22-23,25-28,30H,4-13,17,19,21H2,1-3H3. The van der Waals surface area contributed by atoms with Crippen molar-refractivity contribution in [2.24, 2.45) is 11.8 Å². The molecule has 1 unspecified atom stereocenters. The van der Waals surface area contributed by atoms with E-state index in [2.05, 4.69) is 13.0 Å². The minimum atomic E-state index is -0.213. The van der Waals surface area contributed by atoms with E-state index in [1.165, 1.54) is 0 Å². The molecule has 7 rings (SSSR count). The molecule has 4 aliphatic rings. The number of carbonyl (C=O) groups excluding carboxylic acids is 2.